The molecule has 3 aliphatic carbocycles. The van der Waals surface area contributed by atoms with Crippen molar-refractivity contribution in [3.63, 3.8) is 0 Å². The van der Waals surface area contributed by atoms with Gasteiger partial charge in [0.25, 0.3) is 5.91 Å². The van der Waals surface area contributed by atoms with Crippen LogP contribution in [-0.2, 0) is 6.42 Å². The van der Waals surface area contributed by atoms with Gasteiger partial charge in [0.15, 0.2) is 0 Å². The second-order valence-corrected chi connectivity index (χ2v) is 10.1. The predicted molar refractivity (Wildman–Crippen MR) is 117 cm³/mol. The summed E-state index contributed by atoms with van der Waals surface area (Å²) in [5.41, 5.74) is -0.232. The Kier molecular flexibility index (Phi) is 4.76. The number of benzene rings is 1. The second-order valence-electron chi connectivity index (χ2n) is 10.1. The Hall–Kier alpha value is -2.64. The van der Waals surface area contributed by atoms with Gasteiger partial charge in [0.1, 0.15) is 34.9 Å². The maximum Gasteiger partial charge on any atom is 0.261 e. The Morgan fingerprint density at radius 2 is 2.03 bits per heavy atom. The lowest BCUT2D eigenvalue weighted by atomic mass is 9.42. The van der Waals surface area contributed by atoms with E-state index in [9.17, 15) is 20.1 Å². The number of rotatable bonds is 4. The summed E-state index contributed by atoms with van der Waals surface area (Å²) in [6.07, 6.45) is 1.94. The van der Waals surface area contributed by atoms with Crippen LogP contribution in [0.1, 0.15) is 54.4 Å². The Balaban J connectivity index is 1.45. The summed E-state index contributed by atoms with van der Waals surface area (Å²) in [6.45, 7) is 4.67. The lowest BCUT2D eigenvalue weighted by Crippen LogP contribution is -2.72. The zero-order valence-corrected chi connectivity index (χ0v) is 18.7. The summed E-state index contributed by atoms with van der Waals surface area (Å²) in [6, 6.07) is 8.58. The molecule has 32 heavy (non-hydrogen) atoms. The Labute approximate surface area is 187 Å². The molecule has 1 aromatic carbocycles. The predicted octanol–water partition coefficient (Wildman–Crippen LogP) is 2.69. The number of likely N-dealkylation sites (N-methyl/N-ethyl adjacent to an activating group) is 1. The summed E-state index contributed by atoms with van der Waals surface area (Å²) >= 11 is 0. The van der Waals surface area contributed by atoms with Crippen LogP contribution in [0.2, 0.25) is 0 Å². The van der Waals surface area contributed by atoms with Crippen LogP contribution < -0.4 is 4.74 Å². The Morgan fingerprint density at radius 3 is 2.72 bits per heavy atom. The third-order valence-electron chi connectivity index (χ3n) is 8.19. The molecule has 0 saturated heterocycles. The van der Waals surface area contributed by atoms with Gasteiger partial charge in [-0.1, -0.05) is 19.9 Å². The highest BCUT2D eigenvalue weighted by molar-refractivity contribution is 6.00. The van der Waals surface area contributed by atoms with Crippen LogP contribution in [0.5, 0.6) is 11.5 Å². The van der Waals surface area contributed by atoms with Crippen LogP contribution >= 0.6 is 0 Å². The largest absolute Gasteiger partial charge is 0.507 e. The highest BCUT2D eigenvalue weighted by Crippen LogP contribution is 2.67. The van der Waals surface area contributed by atoms with Gasteiger partial charge in [-0.25, -0.2) is 0 Å². The van der Waals surface area contributed by atoms with Gasteiger partial charge < -0.3 is 25.0 Å². The maximum atomic E-state index is 13.3. The first-order chi connectivity index (χ1) is 15.2. The molecule has 1 aromatic heterocycles. The number of aliphatic hydroxyl groups excluding tert-OH is 1. The van der Waals surface area contributed by atoms with Gasteiger partial charge in [0.05, 0.1) is 0 Å². The van der Waals surface area contributed by atoms with Gasteiger partial charge in [-0.3, -0.25) is 9.78 Å². The molecule has 2 heterocycles. The number of carbonyl (C=O) groups is 1. The van der Waals surface area contributed by atoms with E-state index >= 15 is 0 Å². The second kappa shape index (κ2) is 7.18. The van der Waals surface area contributed by atoms with Crippen LogP contribution in [0.25, 0.3) is 0 Å². The number of amides is 1. The number of carbonyl (C=O) groups excluding carboxylic acids is 1. The summed E-state index contributed by atoms with van der Waals surface area (Å²) in [7, 11) is 1.66. The van der Waals surface area contributed by atoms with Crippen LogP contribution in [0.4, 0.5) is 0 Å². The zero-order chi connectivity index (χ0) is 22.8. The number of aromatic nitrogens is 1. The van der Waals surface area contributed by atoms with E-state index in [-0.39, 0.29) is 28.4 Å². The molecule has 0 spiro atoms. The average Bonchev–Trinajstić information content (AvgIpc) is 2.78. The van der Waals surface area contributed by atoms with Crippen molar-refractivity contribution in [2.45, 2.75) is 50.9 Å². The fourth-order valence-electron chi connectivity index (χ4n) is 6.03. The molecule has 2 aromatic rings. The van der Waals surface area contributed by atoms with E-state index in [0.29, 0.717) is 30.9 Å². The standard InChI is InChI=1S/C25H30N2O5/c1-24(2)14-12-18(24)25(31)19(13-14)32-21-16(22(25)29)7-8-17(28)20(21)23(30)27(3)11-9-15-6-4-5-10-26-15/h4-8,10,14,18-19,22,28-29,31H,9,11-13H2,1-3H3/t14-,18-,19-,22+,25-/m1/s1. The normalized spacial score (nSPS) is 31.5. The molecule has 2 bridgehead atoms. The topological polar surface area (TPSA) is 103 Å². The molecule has 1 aliphatic heterocycles. The van der Waals surface area contributed by atoms with E-state index in [2.05, 4.69) is 18.8 Å². The van der Waals surface area contributed by atoms with Gasteiger partial charge in [0.2, 0.25) is 0 Å². The van der Waals surface area contributed by atoms with Gasteiger partial charge in [-0.2, -0.15) is 0 Å². The minimum atomic E-state index is -1.41. The molecule has 0 radical (unpaired) electrons. The maximum absolute atomic E-state index is 13.3. The number of aromatic hydroxyl groups is 1. The summed E-state index contributed by atoms with van der Waals surface area (Å²) < 4.78 is 6.22. The molecular weight excluding hydrogens is 408 g/mol. The minimum Gasteiger partial charge on any atom is -0.507 e. The van der Waals surface area contributed by atoms with Crippen LogP contribution in [0.3, 0.4) is 0 Å². The molecule has 3 fully saturated rings. The molecule has 7 heteroatoms. The van der Waals surface area contributed by atoms with Gasteiger partial charge >= 0.3 is 0 Å². The smallest absolute Gasteiger partial charge is 0.261 e. The SMILES string of the molecule is CN(CCc1ccccn1)C(=O)c1c(O)ccc2c1O[C@@H]1C[C@H]3C[C@H](C3(C)C)[C@]1(O)[C@H]2O. The van der Waals surface area contributed by atoms with Crippen LogP contribution in [-0.4, -0.2) is 56.4 Å². The number of hydrogen-bond donors (Lipinski definition) is 3. The van der Waals surface area contributed by atoms with E-state index in [0.717, 1.165) is 12.1 Å². The van der Waals surface area contributed by atoms with Crippen molar-refractivity contribution in [1.29, 1.82) is 0 Å². The minimum absolute atomic E-state index is 0.0330. The number of phenolic OH excluding ortho intramolecular Hbond substituents is 1. The van der Waals surface area contributed by atoms with Crippen molar-refractivity contribution < 1.29 is 24.9 Å². The number of phenols is 1. The lowest BCUT2D eigenvalue weighted by Gasteiger charge is -2.67. The third-order valence-corrected chi connectivity index (χ3v) is 8.19. The molecule has 5 atom stereocenters. The molecule has 3 saturated carbocycles. The lowest BCUT2D eigenvalue weighted by molar-refractivity contribution is -0.289. The zero-order valence-electron chi connectivity index (χ0n) is 18.7. The number of pyridine rings is 1. The van der Waals surface area contributed by atoms with E-state index in [1.807, 2.05) is 18.2 Å². The molecule has 1 amide bonds. The fourth-order valence-corrected chi connectivity index (χ4v) is 6.03. The van der Waals surface area contributed by atoms with Crippen molar-refractivity contribution in [3.8, 4) is 11.5 Å². The van der Waals surface area contributed by atoms with Crippen LogP contribution in [0, 0.1) is 17.3 Å². The summed E-state index contributed by atoms with van der Waals surface area (Å²) in [5.74, 6) is -0.104. The first-order valence-electron chi connectivity index (χ1n) is 11.2. The molecule has 170 valence electrons. The number of nitrogens with zero attached hydrogens (tertiary/aromatic N) is 2. The van der Waals surface area contributed by atoms with Gasteiger partial charge in [0, 0.05) is 37.5 Å². The highest BCUT2D eigenvalue weighted by Gasteiger charge is 2.69. The Morgan fingerprint density at radius 1 is 1.25 bits per heavy atom. The van der Waals surface area contributed by atoms with Gasteiger partial charge in [-0.15, -0.1) is 0 Å². The number of fused-ring (bicyclic) bond motifs is 1. The highest BCUT2D eigenvalue weighted by atomic mass is 16.5. The van der Waals surface area contributed by atoms with E-state index < -0.39 is 23.7 Å². The van der Waals surface area contributed by atoms with E-state index in [1.54, 1.807) is 19.3 Å². The summed E-state index contributed by atoms with van der Waals surface area (Å²) in [5, 5.41) is 33.5. The number of hydrogen-bond acceptors (Lipinski definition) is 6. The number of aliphatic hydroxyl groups is 2. The first kappa shape index (κ1) is 21.2. The van der Waals surface area contributed by atoms with Crippen LogP contribution in [0.15, 0.2) is 36.5 Å². The fraction of sp³-hybridized carbons (Fsp3) is 0.520. The molecule has 7 nitrogen and oxygen atoms in total. The summed E-state index contributed by atoms with van der Waals surface area (Å²) in [4.78, 5) is 19.1. The van der Waals surface area contributed by atoms with Crippen molar-refractivity contribution in [1.82, 2.24) is 9.88 Å². The third kappa shape index (κ3) is 2.87. The molecule has 0 unspecified atom stereocenters. The molecule has 3 N–H and O–H groups in total. The van der Waals surface area contributed by atoms with Crippen molar-refractivity contribution in [2.24, 2.45) is 17.3 Å². The Bertz CT molecular complexity index is 1060. The van der Waals surface area contributed by atoms with E-state index in [4.69, 9.17) is 4.74 Å². The monoisotopic (exact) mass is 438 g/mol. The number of ether oxygens (including phenoxy) is 1. The van der Waals surface area contributed by atoms with Crippen molar-refractivity contribution in [3.05, 3.63) is 53.3 Å². The van der Waals surface area contributed by atoms with E-state index in [1.165, 1.54) is 11.0 Å². The molecule has 4 aliphatic rings. The van der Waals surface area contributed by atoms with Crippen molar-refractivity contribution >= 4 is 5.91 Å². The molecular formula is C25H30N2O5. The van der Waals surface area contributed by atoms with Gasteiger partial charge in [-0.05, 0) is 54.4 Å². The quantitative estimate of drug-likeness (QED) is 0.678. The van der Waals surface area contributed by atoms with Crippen molar-refractivity contribution in [2.75, 3.05) is 13.6 Å². The molecule has 6 rings (SSSR count). The average molecular weight is 439 g/mol. The first-order valence-corrected chi connectivity index (χ1v) is 11.2.